The third kappa shape index (κ3) is 2.76. The first-order chi connectivity index (χ1) is 5.33. The van der Waals surface area contributed by atoms with Crippen molar-refractivity contribution in [3.63, 3.8) is 0 Å². The smallest absolute Gasteiger partial charge is 0.105 e. The summed E-state index contributed by atoms with van der Waals surface area (Å²) < 4.78 is 5.17. The summed E-state index contributed by atoms with van der Waals surface area (Å²) in [5, 5.41) is 0. The SMILES string of the molecule is CCCC(N)Cc1ccco1. The molecule has 0 saturated heterocycles. The van der Waals surface area contributed by atoms with E-state index in [0.717, 1.165) is 25.0 Å². The van der Waals surface area contributed by atoms with Gasteiger partial charge in [-0.25, -0.2) is 0 Å². The Morgan fingerprint density at radius 3 is 3.00 bits per heavy atom. The summed E-state index contributed by atoms with van der Waals surface area (Å²) in [6.07, 6.45) is 4.76. The van der Waals surface area contributed by atoms with Gasteiger partial charge in [0.1, 0.15) is 5.76 Å². The molecule has 0 saturated carbocycles. The molecule has 0 aromatic carbocycles. The number of hydrogen-bond acceptors (Lipinski definition) is 2. The molecule has 0 spiro atoms. The largest absolute Gasteiger partial charge is 0.469 e. The van der Waals surface area contributed by atoms with Gasteiger partial charge in [0.15, 0.2) is 0 Å². The highest BCUT2D eigenvalue weighted by Gasteiger charge is 2.03. The number of furan rings is 1. The summed E-state index contributed by atoms with van der Waals surface area (Å²) in [7, 11) is 0. The minimum Gasteiger partial charge on any atom is -0.469 e. The van der Waals surface area contributed by atoms with Crippen LogP contribution in [0.1, 0.15) is 25.5 Å². The fourth-order valence-electron chi connectivity index (χ4n) is 1.16. The van der Waals surface area contributed by atoms with Crippen LogP contribution in [0.3, 0.4) is 0 Å². The highest BCUT2D eigenvalue weighted by atomic mass is 16.3. The Balaban J connectivity index is 2.31. The fraction of sp³-hybridized carbons (Fsp3) is 0.556. The molecule has 1 aromatic rings. The second-order valence-electron chi connectivity index (χ2n) is 2.83. The van der Waals surface area contributed by atoms with E-state index in [1.165, 1.54) is 0 Å². The Labute approximate surface area is 67.4 Å². The van der Waals surface area contributed by atoms with Crippen LogP contribution in [0.4, 0.5) is 0 Å². The van der Waals surface area contributed by atoms with Gasteiger partial charge in [0, 0.05) is 12.5 Å². The highest BCUT2D eigenvalue weighted by molar-refractivity contribution is 4.99. The van der Waals surface area contributed by atoms with Gasteiger partial charge in [-0.05, 0) is 18.6 Å². The molecule has 1 aromatic heterocycles. The van der Waals surface area contributed by atoms with Crippen LogP contribution in [0.25, 0.3) is 0 Å². The van der Waals surface area contributed by atoms with Crippen molar-refractivity contribution in [2.24, 2.45) is 5.73 Å². The lowest BCUT2D eigenvalue weighted by Gasteiger charge is -2.06. The molecule has 0 aliphatic heterocycles. The van der Waals surface area contributed by atoms with Crippen molar-refractivity contribution in [2.75, 3.05) is 0 Å². The second kappa shape index (κ2) is 4.19. The van der Waals surface area contributed by atoms with E-state index < -0.39 is 0 Å². The van der Waals surface area contributed by atoms with E-state index in [0.29, 0.717) is 0 Å². The van der Waals surface area contributed by atoms with Crippen molar-refractivity contribution < 1.29 is 4.42 Å². The minimum atomic E-state index is 0.256. The third-order valence-corrected chi connectivity index (χ3v) is 1.70. The normalized spacial score (nSPS) is 13.3. The molecule has 11 heavy (non-hydrogen) atoms. The molecule has 1 atom stereocenters. The molecule has 2 nitrogen and oxygen atoms in total. The van der Waals surface area contributed by atoms with Crippen molar-refractivity contribution in [1.29, 1.82) is 0 Å². The number of rotatable bonds is 4. The molecule has 0 aliphatic carbocycles. The lowest BCUT2D eigenvalue weighted by atomic mass is 10.1. The first kappa shape index (κ1) is 8.34. The van der Waals surface area contributed by atoms with Gasteiger partial charge in [-0.1, -0.05) is 13.3 Å². The van der Waals surface area contributed by atoms with E-state index in [1.54, 1.807) is 6.26 Å². The summed E-state index contributed by atoms with van der Waals surface area (Å²) >= 11 is 0. The zero-order valence-electron chi connectivity index (χ0n) is 6.92. The fourth-order valence-corrected chi connectivity index (χ4v) is 1.16. The summed E-state index contributed by atoms with van der Waals surface area (Å²) in [4.78, 5) is 0. The predicted octanol–water partition coefficient (Wildman–Crippen LogP) is 1.95. The van der Waals surface area contributed by atoms with Crippen LogP contribution in [0.2, 0.25) is 0 Å². The van der Waals surface area contributed by atoms with Crippen molar-refractivity contribution in [1.82, 2.24) is 0 Å². The van der Waals surface area contributed by atoms with Crippen LogP contribution in [0.15, 0.2) is 22.8 Å². The van der Waals surface area contributed by atoms with E-state index in [9.17, 15) is 0 Å². The summed E-state index contributed by atoms with van der Waals surface area (Å²) in [6, 6.07) is 4.12. The standard InChI is InChI=1S/C9H15NO/c1-2-4-8(10)7-9-5-3-6-11-9/h3,5-6,8H,2,4,7,10H2,1H3. The van der Waals surface area contributed by atoms with E-state index in [-0.39, 0.29) is 6.04 Å². The van der Waals surface area contributed by atoms with Crippen LogP contribution in [0.5, 0.6) is 0 Å². The molecule has 2 heteroatoms. The van der Waals surface area contributed by atoms with Crippen LogP contribution >= 0.6 is 0 Å². The zero-order chi connectivity index (χ0) is 8.10. The molecule has 62 valence electrons. The van der Waals surface area contributed by atoms with Gasteiger partial charge in [-0.3, -0.25) is 0 Å². The third-order valence-electron chi connectivity index (χ3n) is 1.70. The first-order valence-corrected chi connectivity index (χ1v) is 4.11. The van der Waals surface area contributed by atoms with Gasteiger partial charge >= 0.3 is 0 Å². The molecule has 1 unspecified atom stereocenters. The molecule has 0 aliphatic rings. The molecular weight excluding hydrogens is 138 g/mol. The van der Waals surface area contributed by atoms with Crippen LogP contribution in [-0.2, 0) is 6.42 Å². The first-order valence-electron chi connectivity index (χ1n) is 4.11. The maximum atomic E-state index is 5.82. The quantitative estimate of drug-likeness (QED) is 0.718. The van der Waals surface area contributed by atoms with E-state index in [1.807, 2.05) is 12.1 Å². The summed E-state index contributed by atoms with van der Waals surface area (Å²) in [6.45, 7) is 2.14. The average molecular weight is 153 g/mol. The van der Waals surface area contributed by atoms with Crippen LogP contribution in [-0.4, -0.2) is 6.04 Å². The molecule has 2 N–H and O–H groups in total. The topological polar surface area (TPSA) is 39.2 Å². The monoisotopic (exact) mass is 153 g/mol. The maximum Gasteiger partial charge on any atom is 0.105 e. The Bertz CT molecular complexity index is 181. The van der Waals surface area contributed by atoms with Crippen LogP contribution < -0.4 is 5.73 Å². The van der Waals surface area contributed by atoms with E-state index in [4.69, 9.17) is 10.2 Å². The maximum absolute atomic E-state index is 5.82. The Morgan fingerprint density at radius 1 is 1.64 bits per heavy atom. The van der Waals surface area contributed by atoms with Gasteiger partial charge in [-0.15, -0.1) is 0 Å². The highest BCUT2D eigenvalue weighted by Crippen LogP contribution is 2.05. The van der Waals surface area contributed by atoms with Gasteiger partial charge in [0.05, 0.1) is 6.26 Å². The van der Waals surface area contributed by atoms with Gasteiger partial charge in [-0.2, -0.15) is 0 Å². The van der Waals surface area contributed by atoms with Gasteiger partial charge in [0.2, 0.25) is 0 Å². The summed E-state index contributed by atoms with van der Waals surface area (Å²) in [5.74, 6) is 0.992. The lowest BCUT2D eigenvalue weighted by Crippen LogP contribution is -2.21. The van der Waals surface area contributed by atoms with Crippen LogP contribution in [0, 0.1) is 0 Å². The van der Waals surface area contributed by atoms with Crippen molar-refractivity contribution in [3.8, 4) is 0 Å². The molecule has 1 rings (SSSR count). The number of hydrogen-bond donors (Lipinski definition) is 1. The average Bonchev–Trinajstić information content (AvgIpc) is 2.40. The molecule has 1 heterocycles. The minimum absolute atomic E-state index is 0.256. The van der Waals surface area contributed by atoms with Gasteiger partial charge in [0.25, 0.3) is 0 Å². The van der Waals surface area contributed by atoms with E-state index in [2.05, 4.69) is 6.92 Å². The lowest BCUT2D eigenvalue weighted by molar-refractivity contribution is 0.472. The second-order valence-corrected chi connectivity index (χ2v) is 2.83. The van der Waals surface area contributed by atoms with Crippen molar-refractivity contribution in [2.45, 2.75) is 32.2 Å². The van der Waals surface area contributed by atoms with Crippen molar-refractivity contribution >= 4 is 0 Å². The molecule has 0 fully saturated rings. The zero-order valence-corrected chi connectivity index (χ0v) is 6.92. The Hall–Kier alpha value is -0.760. The van der Waals surface area contributed by atoms with E-state index >= 15 is 0 Å². The predicted molar refractivity (Wildman–Crippen MR) is 45.3 cm³/mol. The molecular formula is C9H15NO. The molecule has 0 amide bonds. The van der Waals surface area contributed by atoms with Crippen molar-refractivity contribution in [3.05, 3.63) is 24.2 Å². The number of nitrogens with two attached hydrogens (primary N) is 1. The van der Waals surface area contributed by atoms with Gasteiger partial charge < -0.3 is 10.2 Å². The Morgan fingerprint density at radius 2 is 2.45 bits per heavy atom. The Kier molecular flexibility index (Phi) is 3.17. The molecule has 0 radical (unpaired) electrons. The molecule has 0 bridgehead atoms. The summed E-state index contributed by atoms with van der Waals surface area (Å²) in [5.41, 5.74) is 5.82.